The van der Waals surface area contributed by atoms with E-state index in [9.17, 15) is 4.39 Å². The molecule has 0 spiro atoms. The van der Waals surface area contributed by atoms with Crippen LogP contribution in [-0.2, 0) is 6.61 Å². The first-order chi connectivity index (χ1) is 17.1. The summed E-state index contributed by atoms with van der Waals surface area (Å²) in [7, 11) is 0. The zero-order valence-corrected chi connectivity index (χ0v) is 19.4. The van der Waals surface area contributed by atoms with Crippen LogP contribution >= 0.6 is 0 Å². The second-order valence-electron chi connectivity index (χ2n) is 9.00. The molecular weight excluding hydrogens is 439 g/mol. The molecule has 0 aliphatic carbocycles. The van der Waals surface area contributed by atoms with Crippen molar-refractivity contribution in [2.75, 3.05) is 0 Å². The first kappa shape index (κ1) is 21.4. The fourth-order valence-corrected chi connectivity index (χ4v) is 4.65. The highest BCUT2D eigenvalue weighted by Gasteiger charge is 2.40. The number of nitrogens with zero attached hydrogens (tertiary/aromatic N) is 2. The summed E-state index contributed by atoms with van der Waals surface area (Å²) < 4.78 is 25.5. The maximum absolute atomic E-state index is 13.1. The van der Waals surface area contributed by atoms with Gasteiger partial charge in [0.2, 0.25) is 6.23 Å². The van der Waals surface area contributed by atoms with E-state index in [0.717, 1.165) is 45.9 Å². The predicted molar refractivity (Wildman–Crippen MR) is 134 cm³/mol. The number of halogens is 1. The fraction of sp³-hybridized carbons (Fsp3) is 0.167. The van der Waals surface area contributed by atoms with Crippen molar-refractivity contribution in [1.82, 2.24) is 5.01 Å². The number of fused-ring (bicyclic) bond motifs is 3. The van der Waals surface area contributed by atoms with Crippen molar-refractivity contribution in [1.29, 1.82) is 0 Å². The summed E-state index contributed by atoms with van der Waals surface area (Å²) in [5.41, 5.74) is 6.53. The third-order valence-corrected chi connectivity index (χ3v) is 6.57. The van der Waals surface area contributed by atoms with Crippen LogP contribution in [0.2, 0.25) is 0 Å². The highest BCUT2D eigenvalue weighted by Crippen LogP contribution is 2.47. The molecule has 2 aliphatic heterocycles. The SMILES string of the molecule is Cc1ccc(C2=NN3[C@H](C2)c2ccccc2O[C@@H]3c2ccc(OCc3ccc(F)cc3)cc2)cc1. The molecule has 0 aromatic heterocycles. The van der Waals surface area contributed by atoms with E-state index in [1.54, 1.807) is 12.1 Å². The molecule has 174 valence electrons. The molecular formula is C30H25FN2O2. The van der Waals surface area contributed by atoms with Crippen molar-refractivity contribution < 1.29 is 13.9 Å². The smallest absolute Gasteiger partial charge is 0.213 e. The van der Waals surface area contributed by atoms with Gasteiger partial charge in [0.1, 0.15) is 23.9 Å². The maximum atomic E-state index is 13.1. The van der Waals surface area contributed by atoms with Gasteiger partial charge in [0.25, 0.3) is 0 Å². The standard InChI is InChI=1S/C30H25FN2O2/c1-20-6-10-22(11-7-20)27-18-28-26-4-2-3-5-29(26)35-30(33(28)32-27)23-12-16-25(17-13-23)34-19-21-8-14-24(31)15-9-21/h2-17,28,30H,18-19H2,1H3/t28-,30-/m1/s1. The molecule has 4 aromatic carbocycles. The Hall–Kier alpha value is -4.12. The molecule has 4 aromatic rings. The zero-order valence-electron chi connectivity index (χ0n) is 19.4. The molecule has 0 saturated heterocycles. The first-order valence-corrected chi connectivity index (χ1v) is 11.8. The molecule has 0 fully saturated rings. The summed E-state index contributed by atoms with van der Waals surface area (Å²) in [5.74, 6) is 1.40. The Morgan fingerprint density at radius 3 is 2.43 bits per heavy atom. The third kappa shape index (κ3) is 4.26. The molecule has 0 unspecified atom stereocenters. The summed E-state index contributed by atoms with van der Waals surface area (Å²) in [6.07, 6.45) is 0.503. The van der Waals surface area contributed by atoms with E-state index in [2.05, 4.69) is 48.3 Å². The second-order valence-corrected chi connectivity index (χ2v) is 9.00. The van der Waals surface area contributed by atoms with E-state index in [1.807, 2.05) is 36.4 Å². The number of hydrogen-bond acceptors (Lipinski definition) is 4. The minimum absolute atomic E-state index is 0.121. The van der Waals surface area contributed by atoms with E-state index < -0.39 is 0 Å². The lowest BCUT2D eigenvalue weighted by molar-refractivity contribution is -0.0190. The molecule has 35 heavy (non-hydrogen) atoms. The van der Waals surface area contributed by atoms with Crippen LogP contribution in [0.25, 0.3) is 0 Å². The molecule has 0 radical (unpaired) electrons. The Labute approximate surface area is 204 Å². The van der Waals surface area contributed by atoms with Crippen molar-refractivity contribution >= 4 is 5.71 Å². The number of aryl methyl sites for hydroxylation is 1. The summed E-state index contributed by atoms with van der Waals surface area (Å²) >= 11 is 0. The Morgan fingerprint density at radius 2 is 1.66 bits per heavy atom. The lowest BCUT2D eigenvalue weighted by Gasteiger charge is -2.38. The molecule has 0 N–H and O–H groups in total. The van der Waals surface area contributed by atoms with E-state index in [1.165, 1.54) is 17.7 Å². The highest BCUT2D eigenvalue weighted by molar-refractivity contribution is 6.02. The second kappa shape index (κ2) is 8.91. The summed E-state index contributed by atoms with van der Waals surface area (Å²) in [5, 5.41) is 7.12. The third-order valence-electron chi connectivity index (χ3n) is 6.57. The number of hydrogen-bond donors (Lipinski definition) is 0. The zero-order chi connectivity index (χ0) is 23.8. The molecule has 6 rings (SSSR count). The number of para-hydroxylation sites is 1. The van der Waals surface area contributed by atoms with Crippen LogP contribution in [0.5, 0.6) is 11.5 Å². The van der Waals surface area contributed by atoms with Gasteiger partial charge in [-0.25, -0.2) is 9.40 Å². The average molecular weight is 465 g/mol. The number of ether oxygens (including phenoxy) is 2. The molecule has 2 aliphatic rings. The van der Waals surface area contributed by atoms with Crippen LogP contribution in [0.15, 0.2) is 102 Å². The average Bonchev–Trinajstić information content (AvgIpc) is 3.34. The minimum atomic E-state index is -0.330. The van der Waals surface area contributed by atoms with Crippen molar-refractivity contribution in [3.05, 3.63) is 131 Å². The molecule has 2 heterocycles. The van der Waals surface area contributed by atoms with Crippen LogP contribution < -0.4 is 9.47 Å². The minimum Gasteiger partial charge on any atom is -0.489 e. The molecule has 0 bridgehead atoms. The Balaban J connectivity index is 1.26. The van der Waals surface area contributed by atoms with Crippen LogP contribution in [0.4, 0.5) is 4.39 Å². The van der Waals surface area contributed by atoms with Crippen molar-refractivity contribution in [2.24, 2.45) is 5.10 Å². The number of benzene rings is 4. The fourth-order valence-electron chi connectivity index (χ4n) is 4.65. The Kier molecular flexibility index (Phi) is 5.45. The van der Waals surface area contributed by atoms with Gasteiger partial charge in [0, 0.05) is 17.5 Å². The lowest BCUT2D eigenvalue weighted by atomic mass is 9.95. The number of hydrazone groups is 1. The largest absolute Gasteiger partial charge is 0.489 e. The van der Waals surface area contributed by atoms with Crippen molar-refractivity contribution in [3.8, 4) is 11.5 Å². The van der Waals surface area contributed by atoms with E-state index in [0.29, 0.717) is 6.61 Å². The van der Waals surface area contributed by atoms with Crippen molar-refractivity contribution in [2.45, 2.75) is 32.2 Å². The molecule has 4 nitrogen and oxygen atoms in total. The first-order valence-electron chi connectivity index (χ1n) is 11.8. The predicted octanol–water partition coefficient (Wildman–Crippen LogP) is 6.96. The van der Waals surface area contributed by atoms with Crippen LogP contribution in [-0.4, -0.2) is 10.7 Å². The van der Waals surface area contributed by atoms with Gasteiger partial charge in [0.15, 0.2) is 0 Å². The van der Waals surface area contributed by atoms with Crippen LogP contribution in [0.1, 0.15) is 46.5 Å². The molecule has 0 amide bonds. The topological polar surface area (TPSA) is 34.1 Å². The van der Waals surface area contributed by atoms with E-state index in [-0.39, 0.29) is 18.1 Å². The molecule has 2 atom stereocenters. The summed E-state index contributed by atoms with van der Waals surface area (Å²) in [6, 6.07) is 31.2. The molecule has 5 heteroatoms. The molecule has 0 saturated carbocycles. The van der Waals surface area contributed by atoms with Crippen LogP contribution in [0, 0.1) is 12.7 Å². The van der Waals surface area contributed by atoms with Gasteiger partial charge in [-0.2, -0.15) is 5.10 Å². The number of rotatable bonds is 5. The lowest BCUT2D eigenvalue weighted by Crippen LogP contribution is -2.33. The van der Waals surface area contributed by atoms with Gasteiger partial charge in [0.05, 0.1) is 11.8 Å². The summed E-state index contributed by atoms with van der Waals surface area (Å²) in [6.45, 7) is 2.47. The van der Waals surface area contributed by atoms with Crippen LogP contribution in [0.3, 0.4) is 0 Å². The Bertz CT molecular complexity index is 1370. The van der Waals surface area contributed by atoms with E-state index in [4.69, 9.17) is 14.6 Å². The van der Waals surface area contributed by atoms with Gasteiger partial charge < -0.3 is 9.47 Å². The maximum Gasteiger partial charge on any atom is 0.213 e. The highest BCUT2D eigenvalue weighted by atomic mass is 19.1. The van der Waals surface area contributed by atoms with Gasteiger partial charge in [-0.3, -0.25) is 0 Å². The summed E-state index contributed by atoms with van der Waals surface area (Å²) in [4.78, 5) is 0. The van der Waals surface area contributed by atoms with Gasteiger partial charge in [-0.15, -0.1) is 0 Å². The Morgan fingerprint density at radius 1 is 0.914 bits per heavy atom. The van der Waals surface area contributed by atoms with Gasteiger partial charge in [-0.05, 0) is 60.5 Å². The van der Waals surface area contributed by atoms with Gasteiger partial charge >= 0.3 is 0 Å². The van der Waals surface area contributed by atoms with E-state index >= 15 is 0 Å². The van der Waals surface area contributed by atoms with Gasteiger partial charge in [-0.1, -0.05) is 60.2 Å². The monoisotopic (exact) mass is 464 g/mol. The quantitative estimate of drug-likeness (QED) is 0.320. The normalized spacial score (nSPS) is 18.3. The van der Waals surface area contributed by atoms with Crippen molar-refractivity contribution in [3.63, 3.8) is 0 Å².